The molecular weight excluding hydrogens is 286 g/mol. The van der Waals surface area contributed by atoms with Crippen molar-refractivity contribution in [3.05, 3.63) is 0 Å². The van der Waals surface area contributed by atoms with Gasteiger partial charge in [0.05, 0.1) is 18.9 Å². The summed E-state index contributed by atoms with van der Waals surface area (Å²) in [4.78, 5) is 11.5. The number of hydrogen-bond acceptors (Lipinski definition) is 8. The Morgan fingerprint density at radius 1 is 1.40 bits per heavy atom. The molecule has 0 aliphatic carbocycles. The fourth-order valence-electron chi connectivity index (χ4n) is 1.27. The van der Waals surface area contributed by atoms with Crippen molar-refractivity contribution in [1.82, 2.24) is 25.5 Å². The SMILES string of the molecule is COCCNC(=O)CSc1nnnn1CC(OC)OC. The number of amides is 1. The van der Waals surface area contributed by atoms with Crippen molar-refractivity contribution in [2.45, 2.75) is 18.0 Å². The minimum Gasteiger partial charge on any atom is -0.383 e. The van der Waals surface area contributed by atoms with E-state index in [2.05, 4.69) is 20.8 Å². The number of methoxy groups -OCH3 is 3. The van der Waals surface area contributed by atoms with E-state index in [1.807, 2.05) is 0 Å². The maximum absolute atomic E-state index is 11.5. The first-order valence-corrected chi connectivity index (χ1v) is 6.90. The van der Waals surface area contributed by atoms with Crippen LogP contribution in [0.25, 0.3) is 0 Å². The zero-order valence-corrected chi connectivity index (χ0v) is 12.6. The smallest absolute Gasteiger partial charge is 0.230 e. The van der Waals surface area contributed by atoms with Gasteiger partial charge in [-0.2, -0.15) is 0 Å². The van der Waals surface area contributed by atoms with E-state index in [0.717, 1.165) is 0 Å². The van der Waals surface area contributed by atoms with E-state index in [1.165, 1.54) is 30.7 Å². The number of thioether (sulfide) groups is 1. The maximum atomic E-state index is 11.5. The van der Waals surface area contributed by atoms with E-state index in [9.17, 15) is 4.79 Å². The number of carbonyl (C=O) groups is 1. The summed E-state index contributed by atoms with van der Waals surface area (Å²) in [6, 6.07) is 0. The highest BCUT2D eigenvalue weighted by Gasteiger charge is 2.14. The van der Waals surface area contributed by atoms with Crippen LogP contribution in [0.5, 0.6) is 0 Å². The van der Waals surface area contributed by atoms with Crippen LogP contribution in [0, 0.1) is 0 Å². The largest absolute Gasteiger partial charge is 0.383 e. The topological polar surface area (TPSA) is 100 Å². The number of ether oxygens (including phenoxy) is 3. The second-order valence-electron chi connectivity index (χ2n) is 3.68. The van der Waals surface area contributed by atoms with Crippen molar-refractivity contribution < 1.29 is 19.0 Å². The zero-order valence-electron chi connectivity index (χ0n) is 11.7. The average molecular weight is 305 g/mol. The molecule has 0 saturated carbocycles. The second-order valence-corrected chi connectivity index (χ2v) is 4.62. The maximum Gasteiger partial charge on any atom is 0.230 e. The van der Waals surface area contributed by atoms with E-state index in [1.54, 1.807) is 7.11 Å². The molecule has 0 aromatic carbocycles. The lowest BCUT2D eigenvalue weighted by atomic mass is 10.6. The lowest BCUT2D eigenvalue weighted by Gasteiger charge is -2.13. The van der Waals surface area contributed by atoms with Gasteiger partial charge in [-0.25, -0.2) is 4.68 Å². The Hall–Kier alpha value is -1.23. The van der Waals surface area contributed by atoms with Gasteiger partial charge >= 0.3 is 0 Å². The Labute approximate surface area is 121 Å². The lowest BCUT2D eigenvalue weighted by Crippen LogP contribution is -2.28. The van der Waals surface area contributed by atoms with Gasteiger partial charge in [-0.3, -0.25) is 4.79 Å². The van der Waals surface area contributed by atoms with E-state index in [4.69, 9.17) is 14.2 Å². The van der Waals surface area contributed by atoms with Crippen LogP contribution in [0.2, 0.25) is 0 Å². The summed E-state index contributed by atoms with van der Waals surface area (Å²) in [5.74, 6) is 0.131. The highest BCUT2D eigenvalue weighted by molar-refractivity contribution is 7.99. The normalized spacial score (nSPS) is 11.0. The van der Waals surface area contributed by atoms with Crippen LogP contribution in [0.4, 0.5) is 0 Å². The first-order chi connectivity index (χ1) is 9.71. The van der Waals surface area contributed by atoms with Crippen LogP contribution in [0.1, 0.15) is 0 Å². The summed E-state index contributed by atoms with van der Waals surface area (Å²) in [6.45, 7) is 1.32. The molecule has 1 aromatic heterocycles. The molecule has 0 atom stereocenters. The summed E-state index contributed by atoms with van der Waals surface area (Å²) in [5, 5.41) is 14.5. The van der Waals surface area contributed by atoms with Gasteiger partial charge in [0.15, 0.2) is 6.29 Å². The molecule has 0 unspecified atom stereocenters. The van der Waals surface area contributed by atoms with Gasteiger partial charge in [0.1, 0.15) is 0 Å². The van der Waals surface area contributed by atoms with Crippen molar-refractivity contribution in [2.75, 3.05) is 40.2 Å². The highest BCUT2D eigenvalue weighted by Crippen LogP contribution is 2.13. The molecule has 0 aliphatic rings. The van der Waals surface area contributed by atoms with Crippen LogP contribution in [-0.2, 0) is 25.5 Å². The molecule has 0 spiro atoms. The first kappa shape index (κ1) is 16.8. The second kappa shape index (κ2) is 9.64. The van der Waals surface area contributed by atoms with Crippen molar-refractivity contribution >= 4 is 17.7 Å². The molecule has 0 bridgehead atoms. The van der Waals surface area contributed by atoms with Crippen LogP contribution in [-0.4, -0.2) is 72.6 Å². The van der Waals surface area contributed by atoms with Gasteiger partial charge in [-0.1, -0.05) is 11.8 Å². The molecule has 1 N–H and O–H groups in total. The molecule has 0 aliphatic heterocycles. The van der Waals surface area contributed by atoms with Crippen LogP contribution in [0.15, 0.2) is 5.16 Å². The van der Waals surface area contributed by atoms with Crippen LogP contribution in [0.3, 0.4) is 0 Å². The molecule has 9 nitrogen and oxygen atoms in total. The molecule has 0 fully saturated rings. The van der Waals surface area contributed by atoms with E-state index < -0.39 is 6.29 Å². The summed E-state index contributed by atoms with van der Waals surface area (Å²) in [6.07, 6.45) is -0.437. The van der Waals surface area contributed by atoms with Crippen molar-refractivity contribution in [1.29, 1.82) is 0 Å². The van der Waals surface area contributed by atoms with Crippen LogP contribution >= 0.6 is 11.8 Å². The minimum atomic E-state index is -0.437. The molecule has 10 heteroatoms. The third kappa shape index (κ3) is 5.82. The van der Waals surface area contributed by atoms with E-state index >= 15 is 0 Å². The number of aromatic nitrogens is 4. The predicted octanol–water partition coefficient (Wildman–Crippen LogP) is -0.853. The molecule has 20 heavy (non-hydrogen) atoms. The Kier molecular flexibility index (Phi) is 8.11. The fourth-order valence-corrected chi connectivity index (χ4v) is 1.99. The van der Waals surface area contributed by atoms with Gasteiger partial charge in [-0.15, -0.1) is 5.10 Å². The van der Waals surface area contributed by atoms with Crippen molar-refractivity contribution in [2.24, 2.45) is 0 Å². The zero-order chi connectivity index (χ0) is 14.8. The number of nitrogens with zero attached hydrogens (tertiary/aromatic N) is 4. The number of rotatable bonds is 10. The Morgan fingerprint density at radius 3 is 2.80 bits per heavy atom. The molecule has 0 radical (unpaired) electrons. The van der Waals surface area contributed by atoms with Gasteiger partial charge in [-0.05, 0) is 10.4 Å². The number of hydrogen-bond donors (Lipinski definition) is 1. The van der Waals surface area contributed by atoms with Crippen molar-refractivity contribution in [3.63, 3.8) is 0 Å². The van der Waals surface area contributed by atoms with Gasteiger partial charge in [0.2, 0.25) is 11.1 Å². The Bertz CT molecular complexity index is 399. The van der Waals surface area contributed by atoms with Gasteiger partial charge < -0.3 is 19.5 Å². The van der Waals surface area contributed by atoms with Crippen LogP contribution < -0.4 is 5.32 Å². The fraction of sp³-hybridized carbons (Fsp3) is 0.800. The summed E-state index contributed by atoms with van der Waals surface area (Å²) in [7, 11) is 4.65. The molecule has 1 aromatic rings. The number of tetrazole rings is 1. The molecule has 1 rings (SSSR count). The summed E-state index contributed by atoms with van der Waals surface area (Å²) >= 11 is 1.25. The Balaban J connectivity index is 2.40. The van der Waals surface area contributed by atoms with E-state index in [0.29, 0.717) is 24.9 Å². The third-order valence-electron chi connectivity index (χ3n) is 2.31. The first-order valence-electron chi connectivity index (χ1n) is 5.91. The predicted molar refractivity (Wildman–Crippen MR) is 71.2 cm³/mol. The molecule has 0 saturated heterocycles. The van der Waals surface area contributed by atoms with Gasteiger partial charge in [0, 0.05) is 27.9 Å². The monoisotopic (exact) mass is 305 g/mol. The quantitative estimate of drug-likeness (QED) is 0.339. The molecule has 1 heterocycles. The lowest BCUT2D eigenvalue weighted by molar-refractivity contribution is -0.118. The standard InChI is InChI=1S/C10H19N5O4S/c1-17-5-4-11-8(16)7-20-10-12-13-14-15(10)6-9(18-2)19-3/h9H,4-7H2,1-3H3,(H,11,16). The van der Waals surface area contributed by atoms with Gasteiger partial charge in [0.25, 0.3) is 0 Å². The third-order valence-corrected chi connectivity index (χ3v) is 3.26. The summed E-state index contributed by atoms with van der Waals surface area (Å²) < 4.78 is 16.5. The van der Waals surface area contributed by atoms with Crippen molar-refractivity contribution in [3.8, 4) is 0 Å². The highest BCUT2D eigenvalue weighted by atomic mass is 32.2. The Morgan fingerprint density at radius 2 is 2.15 bits per heavy atom. The van der Waals surface area contributed by atoms with E-state index in [-0.39, 0.29) is 11.7 Å². The molecule has 114 valence electrons. The molecule has 1 amide bonds. The number of nitrogens with one attached hydrogen (secondary N) is 1. The summed E-state index contributed by atoms with van der Waals surface area (Å²) in [5.41, 5.74) is 0. The molecular formula is C10H19N5O4S. The average Bonchev–Trinajstić information content (AvgIpc) is 2.90. The number of carbonyl (C=O) groups excluding carboxylic acids is 1. The minimum absolute atomic E-state index is 0.100.